The van der Waals surface area contributed by atoms with Gasteiger partial charge in [0.15, 0.2) is 0 Å². The maximum atomic E-state index is 13.9. The van der Waals surface area contributed by atoms with E-state index in [1.165, 1.54) is 17.2 Å². The molecule has 2 aliphatic rings. The van der Waals surface area contributed by atoms with E-state index in [0.29, 0.717) is 35.6 Å². The van der Waals surface area contributed by atoms with Crippen LogP contribution in [-0.2, 0) is 29.2 Å². The number of pyridine rings is 1. The molecule has 2 aliphatic heterocycles. The van der Waals surface area contributed by atoms with Crippen molar-refractivity contribution in [2.45, 2.75) is 58.0 Å². The van der Waals surface area contributed by atoms with E-state index in [1.54, 1.807) is 17.0 Å². The summed E-state index contributed by atoms with van der Waals surface area (Å²) in [4.78, 5) is 34.9. The minimum Gasteiger partial charge on any atom is -0.338 e. The number of anilines is 1. The smallest absolute Gasteiger partial charge is 0.338 e. The average Bonchev–Trinajstić information content (AvgIpc) is 3.27. The Morgan fingerprint density at radius 3 is 2.50 bits per heavy atom. The second kappa shape index (κ2) is 10.6. The van der Waals surface area contributed by atoms with Gasteiger partial charge in [-0.05, 0) is 63.1 Å². The maximum absolute atomic E-state index is 13.9. The Kier molecular flexibility index (Phi) is 7.55. The molecule has 42 heavy (non-hydrogen) atoms. The van der Waals surface area contributed by atoms with E-state index >= 15 is 0 Å². The average molecular weight is 624 g/mol. The fourth-order valence-electron chi connectivity index (χ4n) is 5.64. The van der Waals surface area contributed by atoms with Gasteiger partial charge in [-0.3, -0.25) is 19.3 Å². The van der Waals surface area contributed by atoms with Gasteiger partial charge in [0.1, 0.15) is 5.69 Å². The zero-order valence-corrected chi connectivity index (χ0v) is 24.8. The molecular formula is C28H29ClF3N5O4S. The monoisotopic (exact) mass is 623 g/mol. The van der Waals surface area contributed by atoms with Crippen molar-refractivity contribution in [2.75, 3.05) is 17.5 Å². The van der Waals surface area contributed by atoms with Crippen molar-refractivity contribution in [3.63, 3.8) is 0 Å². The fraction of sp³-hybridized carbons (Fsp3) is 0.393. The highest BCUT2D eigenvalue weighted by molar-refractivity contribution is 7.92. The molecule has 224 valence electrons. The summed E-state index contributed by atoms with van der Waals surface area (Å²) in [5.74, 6) is -0.835. The molecule has 9 nitrogen and oxygen atoms in total. The molecule has 0 bridgehead atoms. The largest absolute Gasteiger partial charge is 0.417 e. The minimum absolute atomic E-state index is 0.0619. The van der Waals surface area contributed by atoms with Gasteiger partial charge in [0.2, 0.25) is 10.0 Å². The van der Waals surface area contributed by atoms with Crippen LogP contribution in [-0.4, -0.2) is 58.4 Å². The number of aromatic nitrogens is 2. The van der Waals surface area contributed by atoms with E-state index in [2.05, 4.69) is 9.71 Å². The molecule has 0 saturated carbocycles. The zero-order chi connectivity index (χ0) is 30.7. The molecule has 0 saturated heterocycles. The number of carbonyl (C=O) groups is 2. The molecule has 0 unspecified atom stereocenters. The first-order valence-electron chi connectivity index (χ1n) is 13.2. The molecule has 0 fully saturated rings. The van der Waals surface area contributed by atoms with Crippen LogP contribution in [0.25, 0.3) is 0 Å². The van der Waals surface area contributed by atoms with Crippen LogP contribution in [0.2, 0.25) is 5.02 Å². The van der Waals surface area contributed by atoms with Crippen LogP contribution in [0.5, 0.6) is 0 Å². The Hall–Kier alpha value is -3.58. The minimum atomic E-state index is -4.71. The molecule has 3 aromatic rings. The SMILES string of the molecule is C[C@@H]1Cc2cn3c(c2CN1C(=O)c1ccc(Cl)c(C(F)(F)F)c1)C(=O)N([C@@H](C)c1ccc(NS(C)(=O)=O)cn1)C[C@H]3C. The van der Waals surface area contributed by atoms with Gasteiger partial charge in [0.05, 0.1) is 40.5 Å². The Bertz CT molecular complexity index is 1670. The van der Waals surface area contributed by atoms with Crippen molar-refractivity contribution < 1.29 is 31.2 Å². The molecule has 14 heteroatoms. The number of halogens is 4. The molecule has 3 atom stereocenters. The number of carbonyl (C=O) groups excluding carboxylic acids is 2. The van der Waals surface area contributed by atoms with E-state index in [1.807, 2.05) is 31.5 Å². The van der Waals surface area contributed by atoms with Crippen LogP contribution in [0.3, 0.4) is 0 Å². The summed E-state index contributed by atoms with van der Waals surface area (Å²) in [5, 5.41) is -0.487. The highest BCUT2D eigenvalue weighted by Crippen LogP contribution is 2.38. The predicted octanol–water partition coefficient (Wildman–Crippen LogP) is 5.29. The Morgan fingerprint density at radius 2 is 1.88 bits per heavy atom. The number of alkyl halides is 3. The van der Waals surface area contributed by atoms with Crippen LogP contribution < -0.4 is 4.72 Å². The number of sulfonamides is 1. The van der Waals surface area contributed by atoms with Crippen LogP contribution in [0, 0.1) is 0 Å². The van der Waals surface area contributed by atoms with Crippen LogP contribution in [0.1, 0.15) is 76.1 Å². The van der Waals surface area contributed by atoms with Crippen LogP contribution in [0.15, 0.2) is 42.7 Å². The zero-order valence-electron chi connectivity index (χ0n) is 23.2. The lowest BCUT2D eigenvalue weighted by molar-refractivity contribution is -0.137. The standard InChI is InChI=1S/C28H29ClF3N5O4S/c1-15-9-19-13-35-16(2)12-37(17(3)24-8-6-20(11-33-24)34-42(4,40)41)27(39)25(35)21(19)14-36(15)26(38)18-5-7-23(29)22(10-18)28(30,31)32/h5-8,10-11,13,15-17,34H,9,12,14H2,1-4H3/t15-,16-,17+/m1/s1. The summed E-state index contributed by atoms with van der Waals surface area (Å²) in [5.41, 5.74) is 1.67. The number of fused-ring (bicyclic) bond motifs is 3. The number of rotatable bonds is 5. The molecule has 2 aromatic heterocycles. The van der Waals surface area contributed by atoms with Crippen molar-refractivity contribution in [2.24, 2.45) is 0 Å². The second-order valence-corrected chi connectivity index (χ2v) is 13.1. The van der Waals surface area contributed by atoms with Gasteiger partial charge in [-0.2, -0.15) is 13.2 Å². The first-order chi connectivity index (χ1) is 19.5. The number of hydrogen-bond acceptors (Lipinski definition) is 5. The van der Waals surface area contributed by atoms with Gasteiger partial charge in [-0.25, -0.2) is 8.42 Å². The first kappa shape index (κ1) is 29.9. The van der Waals surface area contributed by atoms with E-state index in [4.69, 9.17) is 11.6 Å². The van der Waals surface area contributed by atoms with E-state index in [9.17, 15) is 31.2 Å². The molecule has 4 heterocycles. The number of benzene rings is 1. The third kappa shape index (κ3) is 5.59. The lowest BCUT2D eigenvalue weighted by atomic mass is 9.95. The summed E-state index contributed by atoms with van der Waals surface area (Å²) in [6.07, 6.45) is 0.0880. The molecule has 5 rings (SSSR count). The fourth-order valence-corrected chi connectivity index (χ4v) is 6.41. The number of hydrogen-bond donors (Lipinski definition) is 1. The summed E-state index contributed by atoms with van der Waals surface area (Å²) >= 11 is 5.76. The number of nitrogens with one attached hydrogen (secondary N) is 1. The molecule has 0 radical (unpaired) electrons. The maximum Gasteiger partial charge on any atom is 0.417 e. The van der Waals surface area contributed by atoms with Crippen LogP contribution >= 0.6 is 11.6 Å². The lowest BCUT2D eigenvalue weighted by Crippen LogP contribution is -2.45. The molecule has 2 amide bonds. The molecule has 0 spiro atoms. The van der Waals surface area contributed by atoms with Gasteiger partial charge in [-0.15, -0.1) is 0 Å². The first-order valence-corrected chi connectivity index (χ1v) is 15.5. The van der Waals surface area contributed by atoms with Crippen LogP contribution in [0.4, 0.5) is 18.9 Å². The summed E-state index contributed by atoms with van der Waals surface area (Å²) < 4.78 is 67.7. The van der Waals surface area contributed by atoms with Gasteiger partial charge < -0.3 is 14.4 Å². The highest BCUT2D eigenvalue weighted by Gasteiger charge is 2.40. The van der Waals surface area contributed by atoms with Crippen molar-refractivity contribution >= 4 is 39.1 Å². The van der Waals surface area contributed by atoms with Gasteiger partial charge in [-0.1, -0.05) is 11.6 Å². The van der Waals surface area contributed by atoms with Crippen molar-refractivity contribution in [1.29, 1.82) is 0 Å². The van der Waals surface area contributed by atoms with E-state index in [0.717, 1.165) is 24.0 Å². The molecule has 1 N–H and O–H groups in total. The Balaban J connectivity index is 1.43. The highest BCUT2D eigenvalue weighted by atomic mass is 35.5. The summed E-state index contributed by atoms with van der Waals surface area (Å²) in [6, 6.07) is 5.49. The summed E-state index contributed by atoms with van der Waals surface area (Å²) in [6.45, 7) is 6.09. The van der Waals surface area contributed by atoms with E-state index in [-0.39, 0.29) is 30.1 Å². The second-order valence-electron chi connectivity index (χ2n) is 10.9. The van der Waals surface area contributed by atoms with Crippen molar-refractivity contribution in [1.82, 2.24) is 19.4 Å². The Morgan fingerprint density at radius 1 is 1.17 bits per heavy atom. The lowest BCUT2D eigenvalue weighted by Gasteiger charge is -2.38. The predicted molar refractivity (Wildman–Crippen MR) is 151 cm³/mol. The topological polar surface area (TPSA) is 105 Å². The third-order valence-corrected chi connectivity index (χ3v) is 8.70. The van der Waals surface area contributed by atoms with Crippen molar-refractivity contribution in [3.8, 4) is 0 Å². The molecular weight excluding hydrogens is 595 g/mol. The van der Waals surface area contributed by atoms with E-state index < -0.39 is 38.7 Å². The van der Waals surface area contributed by atoms with Gasteiger partial charge >= 0.3 is 6.18 Å². The number of nitrogens with zero attached hydrogens (tertiary/aromatic N) is 4. The third-order valence-electron chi connectivity index (χ3n) is 7.77. The van der Waals surface area contributed by atoms with Gasteiger partial charge in [0.25, 0.3) is 11.8 Å². The quantitative estimate of drug-likeness (QED) is 0.416. The van der Waals surface area contributed by atoms with Gasteiger partial charge in [0, 0.05) is 42.5 Å². The molecule has 0 aliphatic carbocycles. The number of amides is 2. The molecule has 1 aromatic carbocycles. The van der Waals surface area contributed by atoms with Crippen molar-refractivity contribution in [3.05, 3.63) is 81.4 Å². The normalized spacial score (nSPS) is 19.8. The summed E-state index contributed by atoms with van der Waals surface area (Å²) in [7, 11) is -3.47. The Labute approximate surface area is 246 Å².